The summed E-state index contributed by atoms with van der Waals surface area (Å²) in [5, 5.41) is 15.0. The van der Waals surface area contributed by atoms with E-state index in [1.807, 2.05) is 66.7 Å². The van der Waals surface area contributed by atoms with E-state index in [-0.39, 0.29) is 34.6 Å². The maximum atomic E-state index is 14.2. The third-order valence-electron chi connectivity index (χ3n) is 7.26. The number of amides is 2. The molecule has 8 nitrogen and oxygen atoms in total. The van der Waals surface area contributed by atoms with Crippen LogP contribution in [0.25, 0.3) is 28.6 Å². The topological polar surface area (TPSA) is 113 Å². The Balaban J connectivity index is 1.59. The minimum absolute atomic E-state index is 0.118. The average molecular weight is 561 g/mol. The number of hydrogen-bond donors (Lipinski definition) is 0. The van der Waals surface area contributed by atoms with Crippen molar-refractivity contribution < 1.29 is 18.0 Å². The molecule has 0 N–H and O–H groups in total. The Morgan fingerprint density at radius 3 is 2.05 bits per heavy atom. The van der Waals surface area contributed by atoms with E-state index in [1.165, 1.54) is 0 Å². The summed E-state index contributed by atoms with van der Waals surface area (Å²) in [6, 6.07) is 29.0. The number of hydrogen-bond acceptors (Lipinski definition) is 6. The molecule has 0 spiro atoms. The van der Waals surface area contributed by atoms with E-state index in [2.05, 4.69) is 0 Å². The van der Waals surface area contributed by atoms with Crippen molar-refractivity contribution in [3.8, 4) is 23.0 Å². The van der Waals surface area contributed by atoms with Gasteiger partial charge in [-0.1, -0.05) is 78.9 Å². The molecule has 41 heavy (non-hydrogen) atoms. The lowest BCUT2D eigenvalue weighted by Gasteiger charge is -2.32. The summed E-state index contributed by atoms with van der Waals surface area (Å²) in [6.07, 6.45) is 3.58. The smallest absolute Gasteiger partial charge is 0.270 e. The van der Waals surface area contributed by atoms with Gasteiger partial charge in [-0.25, -0.2) is 13.1 Å². The van der Waals surface area contributed by atoms with Crippen LogP contribution < -0.4 is 0 Å². The molecule has 1 atom stereocenters. The molecule has 2 amide bonds. The molecule has 0 bridgehead atoms. The Morgan fingerprint density at radius 2 is 1.46 bits per heavy atom. The first-order valence-corrected chi connectivity index (χ1v) is 14.9. The van der Waals surface area contributed by atoms with Crippen LogP contribution >= 0.6 is 0 Å². The molecule has 202 valence electrons. The Hall–Kier alpha value is -5.07. The number of benzene rings is 3. The zero-order chi connectivity index (χ0) is 28.6. The summed E-state index contributed by atoms with van der Waals surface area (Å²) in [4.78, 5) is 28.8. The van der Waals surface area contributed by atoms with Crippen LogP contribution in [0, 0.1) is 11.3 Å². The molecule has 4 aromatic rings. The summed E-state index contributed by atoms with van der Waals surface area (Å²) in [6.45, 7) is 0. The van der Waals surface area contributed by atoms with Gasteiger partial charge in [0, 0.05) is 22.9 Å². The number of para-hydroxylation sites is 1. The predicted molar refractivity (Wildman–Crippen MR) is 155 cm³/mol. The van der Waals surface area contributed by atoms with Crippen LogP contribution in [0.15, 0.2) is 108 Å². The number of carbonyl (C=O) groups is 2. The Bertz CT molecular complexity index is 1870. The minimum atomic E-state index is -3.41. The molecule has 3 aromatic carbocycles. The van der Waals surface area contributed by atoms with Gasteiger partial charge in [0.25, 0.3) is 11.8 Å². The number of nitrogens with zero attached hydrogens (tertiary/aromatic N) is 4. The molecule has 9 heteroatoms. The number of aromatic nitrogens is 2. The molecule has 6 rings (SSSR count). The monoisotopic (exact) mass is 560 g/mol. The first kappa shape index (κ1) is 26.2. The van der Waals surface area contributed by atoms with Crippen molar-refractivity contribution in [1.82, 2.24) is 14.7 Å². The minimum Gasteiger partial charge on any atom is -0.270 e. The zero-order valence-corrected chi connectivity index (χ0v) is 22.7. The van der Waals surface area contributed by atoms with Crippen LogP contribution in [-0.4, -0.2) is 52.5 Å². The summed E-state index contributed by atoms with van der Waals surface area (Å²) >= 11 is 0. The highest BCUT2D eigenvalue weighted by Gasteiger charge is 2.45. The fraction of sp³-hybridized carbons (Fsp3) is 0.125. The van der Waals surface area contributed by atoms with Crippen molar-refractivity contribution in [1.29, 1.82) is 5.26 Å². The van der Waals surface area contributed by atoms with E-state index in [1.54, 1.807) is 47.3 Å². The van der Waals surface area contributed by atoms with E-state index in [9.17, 15) is 23.3 Å². The summed E-state index contributed by atoms with van der Waals surface area (Å²) in [5.74, 6) is -1.86. The van der Waals surface area contributed by atoms with Gasteiger partial charge < -0.3 is 0 Å². The second-order valence-electron chi connectivity index (χ2n) is 9.90. The maximum Gasteiger partial charge on any atom is 0.272 e. The van der Waals surface area contributed by atoms with Crippen LogP contribution in [-0.2, 0) is 19.4 Å². The Morgan fingerprint density at radius 1 is 0.854 bits per heavy atom. The van der Waals surface area contributed by atoms with Crippen molar-refractivity contribution in [2.24, 2.45) is 0 Å². The van der Waals surface area contributed by atoms with Crippen molar-refractivity contribution in [3.63, 3.8) is 0 Å². The van der Waals surface area contributed by atoms with Gasteiger partial charge in [-0.3, -0.25) is 14.5 Å². The molecule has 0 saturated carbocycles. The molecule has 2 aliphatic rings. The van der Waals surface area contributed by atoms with Gasteiger partial charge in [-0.2, -0.15) is 10.4 Å². The third kappa shape index (κ3) is 4.90. The van der Waals surface area contributed by atoms with Crippen molar-refractivity contribution >= 4 is 33.3 Å². The first-order valence-electron chi connectivity index (χ1n) is 13.1. The molecular formula is C32H24N4O4S. The van der Waals surface area contributed by atoms with Crippen molar-refractivity contribution in [2.75, 3.05) is 11.5 Å². The number of sulfone groups is 1. The lowest BCUT2D eigenvalue weighted by Crippen LogP contribution is -2.49. The maximum absolute atomic E-state index is 14.2. The lowest BCUT2D eigenvalue weighted by molar-refractivity contribution is -0.142. The fourth-order valence-electron chi connectivity index (χ4n) is 5.33. The quantitative estimate of drug-likeness (QED) is 0.263. The molecule has 2 aliphatic heterocycles. The normalized spacial score (nSPS) is 19.5. The molecule has 0 aliphatic carbocycles. The molecule has 1 saturated heterocycles. The Kier molecular flexibility index (Phi) is 6.69. The highest BCUT2D eigenvalue weighted by atomic mass is 32.2. The summed E-state index contributed by atoms with van der Waals surface area (Å²) < 4.78 is 26.3. The SMILES string of the molecule is N#CC1=C(c2ccccc2)/C(=C/c2cn(-c3ccccc3)nc2-c2ccccc2)C(=O)N(C2CCS(=O)(=O)C2)C1=O. The second-order valence-corrected chi connectivity index (χ2v) is 12.1. The molecular weight excluding hydrogens is 536 g/mol. The van der Waals surface area contributed by atoms with Gasteiger partial charge in [0.05, 0.1) is 34.5 Å². The number of nitriles is 1. The fourth-order valence-corrected chi connectivity index (χ4v) is 7.03. The van der Waals surface area contributed by atoms with Crippen LogP contribution in [0.3, 0.4) is 0 Å². The number of imide groups is 1. The van der Waals surface area contributed by atoms with Crippen molar-refractivity contribution in [2.45, 2.75) is 12.5 Å². The highest BCUT2D eigenvalue weighted by molar-refractivity contribution is 7.91. The van der Waals surface area contributed by atoms with Crippen LogP contribution in [0.2, 0.25) is 0 Å². The molecule has 1 fully saturated rings. The van der Waals surface area contributed by atoms with Crippen molar-refractivity contribution in [3.05, 3.63) is 119 Å². The van der Waals surface area contributed by atoms with Crippen LogP contribution in [0.1, 0.15) is 17.5 Å². The van der Waals surface area contributed by atoms with Gasteiger partial charge >= 0.3 is 0 Å². The molecule has 1 aromatic heterocycles. The molecule has 1 unspecified atom stereocenters. The first-order chi connectivity index (χ1) is 19.9. The Labute approximate surface area is 237 Å². The van der Waals surface area contributed by atoms with E-state index in [4.69, 9.17) is 5.10 Å². The van der Waals surface area contributed by atoms with Gasteiger partial charge in [0.1, 0.15) is 11.6 Å². The standard InChI is InChI=1S/C32H24N4O4S/c33-19-28-29(22-10-4-1-5-11-22)27(31(37)36(32(28)38)26-16-17-41(39,40)21-26)18-24-20-35(25-14-8-3-9-15-25)34-30(24)23-12-6-2-7-13-23/h1-15,18,20,26H,16-17,21H2/b27-18-. The van der Waals surface area contributed by atoms with E-state index in [0.29, 0.717) is 16.8 Å². The molecule has 3 heterocycles. The van der Waals surface area contributed by atoms with Crippen LogP contribution in [0.4, 0.5) is 0 Å². The summed E-state index contributed by atoms with van der Waals surface area (Å²) in [5.41, 5.74) is 3.50. The predicted octanol–water partition coefficient (Wildman–Crippen LogP) is 4.46. The number of carbonyl (C=O) groups excluding carboxylic acids is 2. The second kappa shape index (κ2) is 10.5. The zero-order valence-electron chi connectivity index (χ0n) is 21.8. The average Bonchev–Trinajstić information content (AvgIpc) is 3.58. The van der Waals surface area contributed by atoms with Gasteiger partial charge in [0.2, 0.25) is 0 Å². The van der Waals surface area contributed by atoms with Crippen LogP contribution in [0.5, 0.6) is 0 Å². The summed E-state index contributed by atoms with van der Waals surface area (Å²) in [7, 11) is -3.41. The van der Waals surface area contributed by atoms with Gasteiger partial charge in [-0.15, -0.1) is 0 Å². The van der Waals surface area contributed by atoms with Gasteiger partial charge in [-0.05, 0) is 30.2 Å². The largest absolute Gasteiger partial charge is 0.272 e. The third-order valence-corrected chi connectivity index (χ3v) is 9.01. The van der Waals surface area contributed by atoms with Gasteiger partial charge in [0.15, 0.2) is 9.84 Å². The highest BCUT2D eigenvalue weighted by Crippen LogP contribution is 2.38. The van der Waals surface area contributed by atoms with E-state index >= 15 is 0 Å². The lowest BCUT2D eigenvalue weighted by atomic mass is 9.86. The van der Waals surface area contributed by atoms with E-state index < -0.39 is 27.7 Å². The number of rotatable bonds is 5. The van der Waals surface area contributed by atoms with E-state index in [0.717, 1.165) is 16.2 Å². The molecule has 0 radical (unpaired) electrons.